The van der Waals surface area contributed by atoms with Crippen molar-refractivity contribution in [2.24, 2.45) is 0 Å². The maximum absolute atomic E-state index is 12.2. The van der Waals surface area contributed by atoms with Crippen LogP contribution in [0.2, 0.25) is 0 Å². The van der Waals surface area contributed by atoms with Gasteiger partial charge >= 0.3 is 0 Å². The van der Waals surface area contributed by atoms with E-state index in [1.807, 2.05) is 13.0 Å². The smallest absolute Gasteiger partial charge is 0.183 e. The Morgan fingerprint density at radius 1 is 1.18 bits per heavy atom. The molecule has 1 aromatic carbocycles. The Morgan fingerprint density at radius 2 is 1.76 bits per heavy atom. The highest BCUT2D eigenvalue weighted by atomic mass is 32.2. The third kappa shape index (κ3) is 3.52. The second kappa shape index (κ2) is 5.62. The molecule has 0 aliphatic rings. The Morgan fingerprint density at radius 3 is 2.29 bits per heavy atom. The van der Waals surface area contributed by atoms with E-state index in [-0.39, 0.29) is 5.75 Å². The molecule has 0 atom stereocenters. The molecule has 0 heterocycles. The predicted octanol–water partition coefficient (Wildman–Crippen LogP) is 1.70. The van der Waals surface area contributed by atoms with Crippen molar-refractivity contribution in [2.75, 3.05) is 20.0 Å². The molecule has 0 aliphatic heterocycles. The molecule has 96 valence electrons. The van der Waals surface area contributed by atoms with Crippen molar-refractivity contribution < 1.29 is 17.9 Å². The van der Waals surface area contributed by atoms with Crippen molar-refractivity contribution in [3.8, 4) is 0 Å². The molecule has 1 aromatic rings. The van der Waals surface area contributed by atoms with Crippen LogP contribution in [0.1, 0.15) is 11.1 Å². The highest BCUT2D eigenvalue weighted by Crippen LogP contribution is 2.19. The molecule has 0 radical (unpaired) electrons. The van der Waals surface area contributed by atoms with Crippen LogP contribution in [0.15, 0.2) is 23.1 Å². The summed E-state index contributed by atoms with van der Waals surface area (Å²) < 4.78 is 34.2. The van der Waals surface area contributed by atoms with Crippen molar-refractivity contribution in [2.45, 2.75) is 25.0 Å². The van der Waals surface area contributed by atoms with E-state index in [1.54, 1.807) is 19.1 Å². The molecule has 0 N–H and O–H groups in total. The third-order valence-electron chi connectivity index (χ3n) is 2.56. The molecule has 0 spiro atoms. The van der Waals surface area contributed by atoms with Gasteiger partial charge in [-0.3, -0.25) is 0 Å². The number of aryl methyl sites for hydroxylation is 2. The summed E-state index contributed by atoms with van der Waals surface area (Å²) in [6.07, 6.45) is -0.736. The number of ether oxygens (including phenoxy) is 2. The van der Waals surface area contributed by atoms with Gasteiger partial charge in [0, 0.05) is 14.2 Å². The Hall–Kier alpha value is -0.910. The van der Waals surface area contributed by atoms with Crippen molar-refractivity contribution in [3.63, 3.8) is 0 Å². The lowest BCUT2D eigenvalue weighted by molar-refractivity contribution is -0.0851. The maximum atomic E-state index is 12.2. The van der Waals surface area contributed by atoms with Crippen LogP contribution in [-0.4, -0.2) is 34.7 Å². The Balaban J connectivity index is 3.09. The van der Waals surface area contributed by atoms with Crippen LogP contribution in [0.25, 0.3) is 0 Å². The summed E-state index contributed by atoms with van der Waals surface area (Å²) in [4.78, 5) is 0.344. The summed E-state index contributed by atoms with van der Waals surface area (Å²) in [6, 6.07) is 5.36. The summed E-state index contributed by atoms with van der Waals surface area (Å²) >= 11 is 0. The Kier molecular flexibility index (Phi) is 4.68. The van der Waals surface area contributed by atoms with Crippen LogP contribution >= 0.6 is 0 Å². The summed E-state index contributed by atoms with van der Waals surface area (Å²) in [7, 11) is -0.540. The van der Waals surface area contributed by atoms with Crippen LogP contribution in [0.5, 0.6) is 0 Å². The van der Waals surface area contributed by atoms with Gasteiger partial charge in [-0.2, -0.15) is 0 Å². The van der Waals surface area contributed by atoms with Gasteiger partial charge in [-0.15, -0.1) is 0 Å². The summed E-state index contributed by atoms with van der Waals surface area (Å²) in [5, 5.41) is 0. The summed E-state index contributed by atoms with van der Waals surface area (Å²) in [5.41, 5.74) is 1.65. The van der Waals surface area contributed by atoms with E-state index < -0.39 is 16.1 Å². The molecule has 17 heavy (non-hydrogen) atoms. The van der Waals surface area contributed by atoms with Gasteiger partial charge in [0.1, 0.15) is 5.75 Å². The van der Waals surface area contributed by atoms with E-state index in [0.717, 1.165) is 11.1 Å². The standard InChI is InChI=1S/C12H18O4S/c1-9-5-6-10(2)11(7-9)17(13,14)8-12(15-3)16-4/h5-7,12H,8H2,1-4H3. The molecular weight excluding hydrogens is 240 g/mol. The highest BCUT2D eigenvalue weighted by Gasteiger charge is 2.22. The minimum Gasteiger partial charge on any atom is -0.355 e. The zero-order chi connectivity index (χ0) is 13.1. The second-order valence-corrected chi connectivity index (χ2v) is 5.95. The molecule has 1 rings (SSSR count). The Labute approximate surface area is 102 Å². The van der Waals surface area contributed by atoms with Crippen LogP contribution in [0.4, 0.5) is 0 Å². The second-order valence-electron chi connectivity index (χ2n) is 3.95. The first-order valence-electron chi connectivity index (χ1n) is 5.26. The molecule has 0 amide bonds. The van der Waals surface area contributed by atoms with E-state index in [1.165, 1.54) is 14.2 Å². The van der Waals surface area contributed by atoms with Crippen molar-refractivity contribution in [1.29, 1.82) is 0 Å². The van der Waals surface area contributed by atoms with Gasteiger partial charge in [-0.25, -0.2) is 8.42 Å². The quantitative estimate of drug-likeness (QED) is 0.754. The van der Waals surface area contributed by atoms with Gasteiger partial charge in [0.2, 0.25) is 0 Å². The minimum atomic E-state index is -3.39. The normalized spacial score (nSPS) is 12.1. The molecule has 0 aromatic heterocycles. The van der Waals surface area contributed by atoms with Crippen LogP contribution in [-0.2, 0) is 19.3 Å². The third-order valence-corrected chi connectivity index (χ3v) is 4.38. The number of benzene rings is 1. The first kappa shape index (κ1) is 14.2. The molecule has 4 nitrogen and oxygen atoms in total. The zero-order valence-corrected chi connectivity index (χ0v) is 11.4. The molecule has 0 saturated carbocycles. The highest BCUT2D eigenvalue weighted by molar-refractivity contribution is 7.91. The summed E-state index contributed by atoms with van der Waals surface area (Å²) in [6.45, 7) is 3.64. The Bertz CT molecular complexity index is 475. The fourth-order valence-electron chi connectivity index (χ4n) is 1.54. The van der Waals surface area contributed by atoms with Crippen LogP contribution in [0, 0.1) is 13.8 Å². The molecule has 0 fully saturated rings. The van der Waals surface area contributed by atoms with Gasteiger partial charge in [-0.05, 0) is 31.0 Å². The number of sulfone groups is 1. The maximum Gasteiger partial charge on any atom is 0.183 e. The molecule has 0 unspecified atom stereocenters. The van der Waals surface area contributed by atoms with Gasteiger partial charge in [0.15, 0.2) is 16.1 Å². The lowest BCUT2D eigenvalue weighted by Gasteiger charge is -2.15. The number of hydrogen-bond acceptors (Lipinski definition) is 4. The number of methoxy groups -OCH3 is 2. The molecule has 5 heteroatoms. The largest absolute Gasteiger partial charge is 0.355 e. The van der Waals surface area contributed by atoms with E-state index in [4.69, 9.17) is 9.47 Å². The number of hydrogen-bond donors (Lipinski definition) is 0. The SMILES string of the molecule is COC(CS(=O)(=O)c1cc(C)ccc1C)OC. The van der Waals surface area contributed by atoms with Crippen LogP contribution in [0.3, 0.4) is 0 Å². The van der Waals surface area contributed by atoms with Crippen molar-refractivity contribution in [3.05, 3.63) is 29.3 Å². The van der Waals surface area contributed by atoms with Gasteiger partial charge in [-0.1, -0.05) is 12.1 Å². The zero-order valence-electron chi connectivity index (χ0n) is 10.6. The number of rotatable bonds is 5. The molecule has 0 aliphatic carbocycles. The molecule has 0 bridgehead atoms. The molecular formula is C12H18O4S. The van der Waals surface area contributed by atoms with E-state index in [0.29, 0.717) is 4.90 Å². The lowest BCUT2D eigenvalue weighted by atomic mass is 10.2. The van der Waals surface area contributed by atoms with E-state index >= 15 is 0 Å². The van der Waals surface area contributed by atoms with Crippen molar-refractivity contribution >= 4 is 9.84 Å². The minimum absolute atomic E-state index is 0.176. The fraction of sp³-hybridized carbons (Fsp3) is 0.500. The topological polar surface area (TPSA) is 52.6 Å². The predicted molar refractivity (Wildman–Crippen MR) is 65.8 cm³/mol. The average Bonchev–Trinajstić information content (AvgIpc) is 2.29. The van der Waals surface area contributed by atoms with E-state index in [9.17, 15) is 8.42 Å². The summed E-state index contributed by atoms with van der Waals surface area (Å²) in [5.74, 6) is -0.176. The lowest BCUT2D eigenvalue weighted by Crippen LogP contribution is -2.25. The van der Waals surface area contributed by atoms with Crippen molar-refractivity contribution in [1.82, 2.24) is 0 Å². The van der Waals surface area contributed by atoms with Crippen LogP contribution < -0.4 is 0 Å². The fourth-order valence-corrected chi connectivity index (χ4v) is 3.28. The first-order chi connectivity index (χ1) is 7.90. The first-order valence-corrected chi connectivity index (χ1v) is 6.91. The monoisotopic (exact) mass is 258 g/mol. The van der Waals surface area contributed by atoms with E-state index in [2.05, 4.69) is 0 Å². The molecule has 0 saturated heterocycles. The van der Waals surface area contributed by atoms with Gasteiger partial charge < -0.3 is 9.47 Å². The van der Waals surface area contributed by atoms with Gasteiger partial charge in [0.05, 0.1) is 4.90 Å². The van der Waals surface area contributed by atoms with Gasteiger partial charge in [0.25, 0.3) is 0 Å². The average molecular weight is 258 g/mol.